The molecule has 0 radical (unpaired) electrons. The van der Waals surface area contributed by atoms with E-state index in [2.05, 4.69) is 12.2 Å². The zero-order valence-electron chi connectivity index (χ0n) is 11.6. The number of anilines is 1. The van der Waals surface area contributed by atoms with E-state index in [-0.39, 0.29) is 6.03 Å². The first-order valence-electron chi connectivity index (χ1n) is 6.92. The van der Waals surface area contributed by atoms with Gasteiger partial charge in [0, 0.05) is 23.8 Å². The van der Waals surface area contributed by atoms with Crippen LogP contribution in [0.1, 0.15) is 31.7 Å². The molecular weight excluding hydrogens is 260 g/mol. The fourth-order valence-corrected chi connectivity index (χ4v) is 2.77. The fourth-order valence-electron chi connectivity index (χ4n) is 2.54. The number of nitrogens with one attached hydrogen (secondary N) is 1. The lowest BCUT2D eigenvalue weighted by Gasteiger charge is -2.32. The van der Waals surface area contributed by atoms with E-state index in [0.717, 1.165) is 37.2 Å². The number of hydrogen-bond donors (Lipinski definition) is 1. The van der Waals surface area contributed by atoms with Gasteiger partial charge in [0.1, 0.15) is 0 Å². The van der Waals surface area contributed by atoms with Crippen molar-refractivity contribution in [3.05, 3.63) is 28.8 Å². The summed E-state index contributed by atoms with van der Waals surface area (Å²) in [6.07, 6.45) is 3.48. The first kappa shape index (κ1) is 14.2. The van der Waals surface area contributed by atoms with Crippen molar-refractivity contribution < 1.29 is 4.79 Å². The van der Waals surface area contributed by atoms with Gasteiger partial charge in [-0.25, -0.2) is 4.79 Å². The number of benzene rings is 1. The first-order chi connectivity index (χ1) is 9.10. The van der Waals surface area contributed by atoms with Crippen LogP contribution in [0.3, 0.4) is 0 Å². The van der Waals surface area contributed by atoms with Crippen LogP contribution in [0.4, 0.5) is 10.5 Å². The molecule has 0 spiro atoms. The molecule has 2 rings (SSSR count). The van der Waals surface area contributed by atoms with Gasteiger partial charge < -0.3 is 10.2 Å². The summed E-state index contributed by atoms with van der Waals surface area (Å²) in [5.41, 5.74) is 1.83. The molecule has 1 heterocycles. The van der Waals surface area contributed by atoms with Gasteiger partial charge in [-0.15, -0.1) is 0 Å². The molecule has 1 unspecified atom stereocenters. The minimum absolute atomic E-state index is 0.00331. The van der Waals surface area contributed by atoms with Crippen LogP contribution < -0.4 is 5.32 Å². The highest BCUT2D eigenvalue weighted by Gasteiger charge is 2.22. The van der Waals surface area contributed by atoms with Crippen molar-refractivity contribution in [3.8, 4) is 0 Å². The maximum absolute atomic E-state index is 12.2. The number of amides is 2. The molecule has 0 aliphatic carbocycles. The molecule has 4 heteroatoms. The van der Waals surface area contributed by atoms with E-state index >= 15 is 0 Å². The van der Waals surface area contributed by atoms with E-state index in [1.807, 2.05) is 24.0 Å². The smallest absolute Gasteiger partial charge is 0.321 e. The van der Waals surface area contributed by atoms with Crippen LogP contribution in [0.25, 0.3) is 0 Å². The number of aryl methyl sites for hydroxylation is 1. The molecule has 1 saturated heterocycles. The summed E-state index contributed by atoms with van der Waals surface area (Å²) in [6, 6.07) is 5.53. The van der Waals surface area contributed by atoms with Crippen molar-refractivity contribution in [2.45, 2.75) is 33.1 Å². The molecule has 1 atom stereocenters. The Morgan fingerprint density at radius 1 is 1.53 bits per heavy atom. The van der Waals surface area contributed by atoms with Crippen molar-refractivity contribution in [1.82, 2.24) is 4.90 Å². The number of hydrogen-bond acceptors (Lipinski definition) is 1. The minimum Gasteiger partial charge on any atom is -0.324 e. The van der Waals surface area contributed by atoms with Crippen molar-refractivity contribution in [2.75, 3.05) is 18.4 Å². The van der Waals surface area contributed by atoms with Gasteiger partial charge in [-0.05, 0) is 49.4 Å². The molecule has 1 fully saturated rings. The summed E-state index contributed by atoms with van der Waals surface area (Å²) in [4.78, 5) is 14.2. The fraction of sp³-hybridized carbons (Fsp3) is 0.533. The molecule has 104 valence electrons. The molecule has 1 aromatic rings. The average molecular weight is 281 g/mol. The summed E-state index contributed by atoms with van der Waals surface area (Å²) in [5, 5.41) is 3.67. The van der Waals surface area contributed by atoms with Crippen LogP contribution in [0, 0.1) is 12.8 Å². The summed E-state index contributed by atoms with van der Waals surface area (Å²) in [7, 11) is 0. The van der Waals surface area contributed by atoms with Crippen molar-refractivity contribution >= 4 is 23.3 Å². The third-order valence-corrected chi connectivity index (χ3v) is 4.05. The maximum atomic E-state index is 12.2. The number of piperidine rings is 1. The average Bonchev–Trinajstić information content (AvgIpc) is 2.42. The van der Waals surface area contributed by atoms with Gasteiger partial charge in [-0.1, -0.05) is 24.9 Å². The zero-order chi connectivity index (χ0) is 13.8. The summed E-state index contributed by atoms with van der Waals surface area (Å²) in [5.74, 6) is 0.644. The highest BCUT2D eigenvalue weighted by atomic mass is 35.5. The van der Waals surface area contributed by atoms with Gasteiger partial charge in [0.25, 0.3) is 0 Å². The van der Waals surface area contributed by atoms with Crippen LogP contribution >= 0.6 is 11.6 Å². The summed E-state index contributed by atoms with van der Waals surface area (Å²) < 4.78 is 0. The highest BCUT2D eigenvalue weighted by molar-refractivity contribution is 6.30. The Hall–Kier alpha value is -1.22. The largest absolute Gasteiger partial charge is 0.324 e. The van der Waals surface area contributed by atoms with E-state index in [1.54, 1.807) is 6.07 Å². The summed E-state index contributed by atoms with van der Waals surface area (Å²) in [6.45, 7) is 5.87. The van der Waals surface area contributed by atoms with Crippen molar-refractivity contribution in [2.24, 2.45) is 5.92 Å². The Labute approximate surface area is 119 Å². The number of halogens is 1. The van der Waals surface area contributed by atoms with Gasteiger partial charge in [-0.2, -0.15) is 0 Å². The van der Waals surface area contributed by atoms with E-state index < -0.39 is 0 Å². The van der Waals surface area contributed by atoms with Gasteiger partial charge in [0.05, 0.1) is 0 Å². The van der Waals surface area contributed by atoms with Crippen LogP contribution in [0.5, 0.6) is 0 Å². The molecule has 3 nitrogen and oxygen atoms in total. The molecule has 2 amide bonds. The lowest BCUT2D eigenvalue weighted by Crippen LogP contribution is -2.42. The number of urea groups is 1. The molecule has 0 aromatic heterocycles. The number of nitrogens with zero attached hydrogens (tertiary/aromatic N) is 1. The molecule has 0 bridgehead atoms. The monoisotopic (exact) mass is 280 g/mol. The third kappa shape index (κ3) is 3.63. The Morgan fingerprint density at radius 2 is 2.32 bits per heavy atom. The van der Waals surface area contributed by atoms with Gasteiger partial charge in [0.15, 0.2) is 0 Å². The van der Waals surface area contributed by atoms with Gasteiger partial charge in [0.2, 0.25) is 0 Å². The van der Waals surface area contributed by atoms with Gasteiger partial charge in [-0.3, -0.25) is 0 Å². The second-order valence-corrected chi connectivity index (χ2v) is 5.69. The third-order valence-electron chi connectivity index (χ3n) is 3.81. The lowest BCUT2D eigenvalue weighted by molar-refractivity contribution is 0.176. The topological polar surface area (TPSA) is 32.3 Å². The Bertz CT molecular complexity index is 461. The van der Waals surface area contributed by atoms with E-state index in [1.165, 1.54) is 6.42 Å². The number of carbonyl (C=O) groups excluding carboxylic acids is 1. The number of carbonyl (C=O) groups is 1. The summed E-state index contributed by atoms with van der Waals surface area (Å²) >= 11 is 5.92. The SMILES string of the molecule is CCC1CCCN(C(=O)Nc2ccc(Cl)cc2C)C1. The molecular formula is C15H21ClN2O. The predicted octanol–water partition coefficient (Wildman–Crippen LogP) is 4.30. The quantitative estimate of drug-likeness (QED) is 0.860. The second-order valence-electron chi connectivity index (χ2n) is 5.25. The number of rotatable bonds is 2. The highest BCUT2D eigenvalue weighted by Crippen LogP contribution is 2.22. The molecule has 1 aliphatic heterocycles. The van der Waals surface area contributed by atoms with Crippen LogP contribution in [0.2, 0.25) is 5.02 Å². The van der Waals surface area contributed by atoms with Crippen molar-refractivity contribution in [1.29, 1.82) is 0 Å². The molecule has 19 heavy (non-hydrogen) atoms. The van der Waals surface area contributed by atoms with E-state index in [0.29, 0.717) is 10.9 Å². The maximum Gasteiger partial charge on any atom is 0.321 e. The Balaban J connectivity index is 2.00. The number of likely N-dealkylation sites (tertiary alicyclic amines) is 1. The lowest BCUT2D eigenvalue weighted by atomic mass is 9.96. The van der Waals surface area contributed by atoms with Crippen molar-refractivity contribution in [3.63, 3.8) is 0 Å². The first-order valence-corrected chi connectivity index (χ1v) is 7.30. The Morgan fingerprint density at radius 3 is 3.00 bits per heavy atom. The van der Waals surface area contributed by atoms with Crippen LogP contribution in [-0.2, 0) is 0 Å². The minimum atomic E-state index is 0.00331. The zero-order valence-corrected chi connectivity index (χ0v) is 12.3. The van der Waals surface area contributed by atoms with Crippen LogP contribution in [0.15, 0.2) is 18.2 Å². The Kier molecular flexibility index (Phi) is 4.70. The molecule has 1 N–H and O–H groups in total. The predicted molar refractivity (Wildman–Crippen MR) is 79.8 cm³/mol. The van der Waals surface area contributed by atoms with E-state index in [9.17, 15) is 4.79 Å². The molecule has 1 aliphatic rings. The normalized spacial score (nSPS) is 19.3. The van der Waals surface area contributed by atoms with E-state index in [4.69, 9.17) is 11.6 Å². The molecule has 1 aromatic carbocycles. The van der Waals surface area contributed by atoms with Crippen LogP contribution in [-0.4, -0.2) is 24.0 Å². The standard InChI is InChI=1S/C15H21ClN2O/c1-3-12-5-4-8-18(10-12)15(19)17-14-7-6-13(16)9-11(14)2/h6-7,9,12H,3-5,8,10H2,1-2H3,(H,17,19). The molecule has 0 saturated carbocycles. The second kappa shape index (κ2) is 6.29. The van der Waals surface area contributed by atoms with Gasteiger partial charge >= 0.3 is 6.03 Å².